The Morgan fingerprint density at radius 3 is 1.11 bits per heavy atom. The highest BCUT2D eigenvalue weighted by Crippen LogP contribution is 2.40. The summed E-state index contributed by atoms with van der Waals surface area (Å²) in [5.41, 5.74) is 19.4. The zero-order chi connectivity index (χ0) is 81.9. The second-order valence-corrected chi connectivity index (χ2v) is 31.7. The molecule has 620 valence electrons. The maximum Gasteiger partial charge on any atom is 0.410 e. The van der Waals surface area contributed by atoms with Gasteiger partial charge in [0, 0.05) is 138 Å². The number of carboxylic acid groups (broad SMARTS) is 3. The van der Waals surface area contributed by atoms with Crippen molar-refractivity contribution in [1.29, 1.82) is 16.2 Å². The van der Waals surface area contributed by atoms with Gasteiger partial charge < -0.3 is 86.3 Å². The van der Waals surface area contributed by atoms with Crippen molar-refractivity contribution >= 4 is 89.6 Å². The van der Waals surface area contributed by atoms with Crippen LogP contribution in [0.1, 0.15) is 128 Å². The molecule has 35 nitrogen and oxygen atoms in total. The average Bonchev–Trinajstić information content (AvgIpc) is 0.755. The number of nitrogens with zero attached hydrogens (tertiary/aromatic N) is 13. The third-order valence-electron chi connectivity index (χ3n) is 23.7. The van der Waals surface area contributed by atoms with Crippen LogP contribution in [0.15, 0.2) is 60.7 Å². The van der Waals surface area contributed by atoms with Crippen molar-refractivity contribution in [3.05, 3.63) is 71.8 Å². The zero-order valence-corrected chi connectivity index (χ0v) is 65.8. The third kappa shape index (κ3) is 22.2. The highest BCUT2D eigenvalue weighted by Gasteiger charge is 2.59. The number of piperazine rings is 3. The predicted molar refractivity (Wildman–Crippen MR) is 415 cm³/mol. The molecule has 9 fully saturated rings. The summed E-state index contributed by atoms with van der Waals surface area (Å²) in [5, 5.41) is 52.4. The van der Waals surface area contributed by atoms with Crippen LogP contribution in [0.2, 0.25) is 0 Å². The van der Waals surface area contributed by atoms with Gasteiger partial charge in [0.15, 0.2) is 36.0 Å². The quantitative estimate of drug-likeness (QED) is 0.0339. The Hall–Kier alpha value is -10.5. The summed E-state index contributed by atoms with van der Waals surface area (Å²) in [6.45, 7) is 13.3. The lowest BCUT2D eigenvalue weighted by Gasteiger charge is -2.47. The smallest absolute Gasteiger partial charge is 0.410 e. The molecule has 9 aliphatic rings. The molecule has 7 unspecified atom stereocenters. The van der Waals surface area contributed by atoms with Crippen LogP contribution in [-0.2, 0) is 51.1 Å². The molecule has 35 heteroatoms. The number of carboxylic acids is 3. The molecule has 9 aliphatic heterocycles. The van der Waals surface area contributed by atoms with Crippen LogP contribution in [0.3, 0.4) is 0 Å². The van der Waals surface area contributed by atoms with Crippen molar-refractivity contribution in [1.82, 2.24) is 63.7 Å². The summed E-state index contributed by atoms with van der Waals surface area (Å²) in [5.74, 6) is -6.99. The number of nitrogens with one attached hydrogen (secondary N) is 3. The van der Waals surface area contributed by atoms with Gasteiger partial charge in [0.25, 0.3) is 0 Å². The van der Waals surface area contributed by atoms with Gasteiger partial charge in [-0.15, -0.1) is 0 Å². The van der Waals surface area contributed by atoms with Crippen molar-refractivity contribution in [3.8, 4) is 0 Å². The minimum Gasteiger partial charge on any atom is -0.480 e. The van der Waals surface area contributed by atoms with E-state index in [2.05, 4.69) is 24.3 Å². The SMILES string of the molecule is CC(C)C(C)OC(=O)N1CCN(C(=O)N2C(=O)[C@H](CC3CCCN(C(=N)N)C3)C2C(=O)O)CC1.CN(CCCCc1ccccc1)C(=O)N1CCN(C(=O)N2C(=O)[C@H](CC3CCCN(C(=N)N)C3)C2C(=O)O)CC1.N=C(N)N1CCCC(C[C@H]2C(=O)N(C(=O)N3CCN(C(=O)CCCCCc4ccccc4)CC3)C2C(=O)O)C1. The lowest BCUT2D eigenvalue weighted by molar-refractivity contribution is -0.167. The van der Waals surface area contributed by atoms with Gasteiger partial charge in [0.05, 0.1) is 17.8 Å². The number of amides is 13. The van der Waals surface area contributed by atoms with Gasteiger partial charge in [0.2, 0.25) is 23.6 Å². The lowest BCUT2D eigenvalue weighted by Crippen LogP contribution is -2.70. The second-order valence-electron chi connectivity index (χ2n) is 31.7. The van der Waals surface area contributed by atoms with Crippen molar-refractivity contribution in [2.75, 3.05) is 131 Å². The monoisotopic (exact) mass is 1580 g/mol. The number of nitrogens with two attached hydrogens (primary N) is 3. The van der Waals surface area contributed by atoms with Crippen LogP contribution in [0, 0.1) is 57.7 Å². The molecule has 12 N–H and O–H groups in total. The molecule has 0 aromatic heterocycles. The first kappa shape index (κ1) is 86.5. The van der Waals surface area contributed by atoms with Crippen molar-refractivity contribution in [2.45, 2.75) is 154 Å². The number of hydrogen-bond donors (Lipinski definition) is 9. The number of aryl methyl sites for hydroxylation is 2. The number of piperidine rings is 3. The Morgan fingerprint density at radius 2 is 0.770 bits per heavy atom. The molecule has 0 spiro atoms. The number of urea groups is 4. The fourth-order valence-electron chi connectivity index (χ4n) is 16.7. The van der Waals surface area contributed by atoms with E-state index in [4.69, 9.17) is 38.2 Å². The average molecular weight is 1580 g/mol. The van der Waals surface area contributed by atoms with Crippen molar-refractivity contribution in [2.24, 2.45) is 58.6 Å². The number of hydrogen-bond acceptors (Lipinski definition) is 16. The molecule has 13 amide bonds. The van der Waals surface area contributed by atoms with Crippen LogP contribution in [0.4, 0.5) is 24.0 Å². The van der Waals surface area contributed by atoms with Crippen LogP contribution in [0.5, 0.6) is 0 Å². The second kappa shape index (κ2) is 40.3. The summed E-state index contributed by atoms with van der Waals surface area (Å²) < 4.78 is 5.42. The number of β-lactam (4-membered cyclic amide) rings is 3. The molecule has 113 heavy (non-hydrogen) atoms. The Bertz CT molecular complexity index is 3720. The lowest BCUT2D eigenvalue weighted by atomic mass is 9.78. The van der Waals surface area contributed by atoms with Crippen LogP contribution >= 0.6 is 0 Å². The van der Waals surface area contributed by atoms with Crippen LogP contribution in [-0.4, -0.2) is 324 Å². The van der Waals surface area contributed by atoms with Gasteiger partial charge in [-0.3, -0.25) is 35.4 Å². The van der Waals surface area contributed by atoms with E-state index in [0.717, 1.165) is 98.2 Å². The van der Waals surface area contributed by atoms with Crippen LogP contribution < -0.4 is 17.2 Å². The van der Waals surface area contributed by atoms with Crippen molar-refractivity contribution in [3.63, 3.8) is 0 Å². The Labute approximate surface area is 660 Å². The number of aliphatic carboxylic acids is 3. The van der Waals surface area contributed by atoms with Gasteiger partial charge in [0.1, 0.15) is 6.10 Å². The summed E-state index contributed by atoms with van der Waals surface area (Å²) in [4.78, 5) is 171. The molecule has 9 saturated heterocycles. The normalized spacial score (nSPS) is 24.1. The zero-order valence-electron chi connectivity index (χ0n) is 65.8. The van der Waals surface area contributed by atoms with Crippen LogP contribution in [0.25, 0.3) is 0 Å². The number of guanidine groups is 3. The van der Waals surface area contributed by atoms with E-state index in [1.54, 1.807) is 36.4 Å². The summed E-state index contributed by atoms with van der Waals surface area (Å²) >= 11 is 0. The molecule has 10 atom stereocenters. The standard InChI is InChI=1S/C28H41N7O5.C28H40N6O5.C22H36N6O6/c1-31(12-6-5-10-20-8-3-2-4-9-20)27(39)32-14-16-33(17-15-32)28(40)35-23(25(37)38)22(24(35)36)18-21-11-7-13-34(19-21)26(29)30;29-27(30)33-13-7-11-21(19-33)18-22-24(26(37)38)34(25(22)36)28(39)32-16-14-31(15-17-32)23(35)12-6-2-5-10-20-8-3-1-4-9-20;1-13(2)14(3)34-22(33)26-9-7-25(8-10-26)21(32)28-17(19(30)31)16(18(28)29)11-15-5-4-6-27(12-15)20(23)24/h2-4,8-9,21-23H,5-7,10-19H2,1H3,(H3,29,30)(H,37,38);1,3-4,8-9,21-22,24H,2,5-7,10-19H2,(H3,29,30)(H,37,38);13-17H,4-12H2,1-3H3,(H3,23,24)(H,30,31)/t21?,22-,23?;21?,22-,24?;14?,15?,16-,17?/m111/s1. The molecular weight excluding hydrogens is 1460 g/mol. The number of imide groups is 3. The molecule has 0 aliphatic carbocycles. The molecule has 2 aromatic carbocycles. The number of ether oxygens (including phenoxy) is 1. The third-order valence-corrected chi connectivity index (χ3v) is 23.7. The predicted octanol–water partition coefficient (Wildman–Crippen LogP) is 4.48. The van der Waals surface area contributed by atoms with Gasteiger partial charge in [-0.2, -0.15) is 0 Å². The molecule has 2 aromatic rings. The molecule has 9 heterocycles. The number of unbranched alkanes of at least 4 members (excludes halogenated alkanes) is 3. The van der Waals surface area contributed by atoms with Gasteiger partial charge in [-0.25, -0.2) is 53.1 Å². The minimum atomic E-state index is -1.21. The molecule has 11 rings (SSSR count). The topological polar surface area (TPSA) is 466 Å². The van der Waals surface area contributed by atoms with E-state index < -0.39 is 95.7 Å². The number of benzene rings is 2. The number of carbonyl (C=O) groups excluding carboxylic acids is 9. The first-order valence-corrected chi connectivity index (χ1v) is 40.1. The maximum absolute atomic E-state index is 13.2. The van der Waals surface area contributed by atoms with E-state index in [9.17, 15) is 72.9 Å². The van der Waals surface area contributed by atoms with E-state index >= 15 is 0 Å². The van der Waals surface area contributed by atoms with E-state index in [0.29, 0.717) is 97.7 Å². The molecule has 0 radical (unpaired) electrons. The Morgan fingerprint density at radius 1 is 0.442 bits per heavy atom. The number of rotatable bonds is 22. The summed E-state index contributed by atoms with van der Waals surface area (Å²) in [6.07, 6.45) is 12.4. The van der Waals surface area contributed by atoms with Crippen molar-refractivity contribution < 1.29 is 77.6 Å². The fraction of sp³-hybridized carbons (Fsp3) is 0.654. The number of carbonyl (C=O) groups is 12. The minimum absolute atomic E-state index is 0.0214. The van der Waals surface area contributed by atoms with E-state index in [1.807, 2.05) is 57.2 Å². The maximum atomic E-state index is 13.2. The molecular formula is C78H117N19O16. The van der Waals surface area contributed by atoms with E-state index in [-0.39, 0.29) is 112 Å². The Balaban J connectivity index is 0.000000195. The highest BCUT2D eigenvalue weighted by molar-refractivity contribution is 6.09. The first-order chi connectivity index (χ1) is 53.9. The highest BCUT2D eigenvalue weighted by atomic mass is 16.6. The molecule has 0 bridgehead atoms. The van der Waals surface area contributed by atoms with Gasteiger partial charge in [-0.05, 0) is 138 Å². The van der Waals surface area contributed by atoms with Gasteiger partial charge in [-0.1, -0.05) is 80.9 Å². The fourth-order valence-corrected chi connectivity index (χ4v) is 16.7. The summed E-state index contributed by atoms with van der Waals surface area (Å²) in [7, 11) is 1.78. The summed E-state index contributed by atoms with van der Waals surface area (Å²) in [6, 6.07) is 15.0. The first-order valence-electron chi connectivity index (χ1n) is 40.1. The Kier molecular flexibility index (Phi) is 30.8. The van der Waals surface area contributed by atoms with E-state index in [1.165, 1.54) is 30.7 Å². The van der Waals surface area contributed by atoms with Gasteiger partial charge >= 0.3 is 48.1 Å². The largest absolute Gasteiger partial charge is 0.480 e. The number of likely N-dealkylation sites (tertiary alicyclic amines) is 6. The molecule has 0 saturated carbocycles.